The first-order valence-corrected chi connectivity index (χ1v) is 15.9. The van der Waals surface area contributed by atoms with Gasteiger partial charge in [-0.3, -0.25) is 9.78 Å². The Hall–Kier alpha value is -4.08. The fourth-order valence-corrected chi connectivity index (χ4v) is 5.89. The number of aromatic nitrogens is 1. The number of halogens is 3. The monoisotopic (exact) mass is 670 g/mol. The summed E-state index contributed by atoms with van der Waals surface area (Å²) < 4.78 is 59.6. The Morgan fingerprint density at radius 2 is 1.69 bits per heavy atom. The van der Waals surface area contributed by atoms with Crippen LogP contribution in [0.1, 0.15) is 29.0 Å². The van der Waals surface area contributed by atoms with Crippen molar-refractivity contribution in [3.05, 3.63) is 95.1 Å². The number of nitrogens with one attached hydrogen (secondary N) is 3. The third kappa shape index (κ3) is 9.73. The van der Waals surface area contributed by atoms with Crippen molar-refractivity contribution in [2.45, 2.75) is 43.1 Å². The first-order valence-electron chi connectivity index (χ1n) is 15.9. The number of nitrogens with zero attached hydrogens (tertiary/aromatic N) is 2. The molecule has 0 bridgehead atoms. The molecule has 3 aromatic rings. The molecule has 258 valence electrons. The average Bonchev–Trinajstić information content (AvgIpc) is 3.08. The molecular weight excluding hydrogens is 629 g/mol. The van der Waals surface area contributed by atoms with Gasteiger partial charge in [-0.2, -0.15) is 0 Å². The summed E-state index contributed by atoms with van der Waals surface area (Å²) in [5.74, 6) is -2.90. The molecule has 11 nitrogen and oxygen atoms in total. The second-order valence-electron chi connectivity index (χ2n) is 12.1. The van der Waals surface area contributed by atoms with E-state index in [0.717, 1.165) is 19.3 Å². The summed E-state index contributed by atoms with van der Waals surface area (Å²) in [4.78, 5) is 31.8. The minimum absolute atomic E-state index is 0.0346. The van der Waals surface area contributed by atoms with Crippen molar-refractivity contribution in [2.75, 3.05) is 58.3 Å². The summed E-state index contributed by atoms with van der Waals surface area (Å²) in [5.41, 5.74) is 7.94. The molecule has 0 spiro atoms. The number of amides is 2. The third-order valence-electron chi connectivity index (χ3n) is 8.44. The Bertz CT molecular complexity index is 1470. The van der Waals surface area contributed by atoms with Crippen LogP contribution in [0.3, 0.4) is 0 Å². The fourth-order valence-electron chi connectivity index (χ4n) is 5.89. The zero-order chi connectivity index (χ0) is 34.0. The summed E-state index contributed by atoms with van der Waals surface area (Å²) in [6, 6.07) is 9.88. The van der Waals surface area contributed by atoms with Crippen LogP contribution in [-0.4, -0.2) is 99.2 Å². The smallest absolute Gasteiger partial charge is 0.407 e. The van der Waals surface area contributed by atoms with E-state index in [1.807, 2.05) is 7.05 Å². The normalized spacial score (nSPS) is 20.7. The zero-order valence-corrected chi connectivity index (χ0v) is 26.7. The van der Waals surface area contributed by atoms with Crippen LogP contribution in [0.4, 0.5) is 23.7 Å². The molecule has 14 heteroatoms. The largest absolute Gasteiger partial charge is 0.447 e. The highest BCUT2D eigenvalue weighted by Crippen LogP contribution is 2.29. The predicted octanol–water partition coefficient (Wildman–Crippen LogP) is 2.94. The van der Waals surface area contributed by atoms with Crippen LogP contribution < -0.4 is 21.7 Å². The molecule has 48 heavy (non-hydrogen) atoms. The number of benzene rings is 2. The van der Waals surface area contributed by atoms with E-state index in [4.69, 9.17) is 19.9 Å². The van der Waals surface area contributed by atoms with E-state index in [1.165, 1.54) is 54.7 Å². The summed E-state index contributed by atoms with van der Waals surface area (Å²) in [5, 5.41) is 8.70. The Kier molecular flexibility index (Phi) is 12.4. The number of nitrogens with two attached hydrogens (primary N) is 1. The number of pyridine rings is 1. The molecule has 3 heterocycles. The average molecular weight is 671 g/mol. The molecule has 2 aliphatic rings. The van der Waals surface area contributed by atoms with Crippen LogP contribution in [0.2, 0.25) is 0 Å². The SMILES string of the molecule is CN1CCOC(CNC(=O)OCC2CNCC(CCc3c(F)cncc3NC(=O)C(N)C(c3ccc(F)cc3)c3ccc(F)cc3)O2)C1. The Morgan fingerprint density at radius 1 is 1.02 bits per heavy atom. The van der Waals surface area contributed by atoms with Gasteiger partial charge in [0.05, 0.1) is 42.9 Å². The molecule has 2 saturated heterocycles. The van der Waals surface area contributed by atoms with Crippen molar-refractivity contribution >= 4 is 17.7 Å². The molecule has 4 atom stereocenters. The van der Waals surface area contributed by atoms with Crippen molar-refractivity contribution in [3.8, 4) is 0 Å². The summed E-state index contributed by atoms with van der Waals surface area (Å²) in [6.45, 7) is 3.55. The van der Waals surface area contributed by atoms with E-state index < -0.39 is 47.5 Å². The number of likely N-dealkylation sites (N-methyl/N-ethyl adjacent to an activating group) is 1. The summed E-state index contributed by atoms with van der Waals surface area (Å²) >= 11 is 0. The van der Waals surface area contributed by atoms with E-state index in [2.05, 4.69) is 25.8 Å². The molecule has 2 aromatic carbocycles. The number of carbonyl (C=O) groups excluding carboxylic acids is 2. The Balaban J connectivity index is 1.16. The maximum Gasteiger partial charge on any atom is 0.407 e. The molecule has 5 rings (SSSR count). The molecule has 5 N–H and O–H groups in total. The second kappa shape index (κ2) is 16.8. The van der Waals surface area contributed by atoms with E-state index in [-0.39, 0.29) is 36.5 Å². The van der Waals surface area contributed by atoms with Crippen LogP contribution in [0.15, 0.2) is 60.9 Å². The molecule has 2 aliphatic heterocycles. The van der Waals surface area contributed by atoms with E-state index in [0.29, 0.717) is 43.8 Å². The number of hydrogen-bond acceptors (Lipinski definition) is 9. The summed E-state index contributed by atoms with van der Waals surface area (Å²) in [6.07, 6.45) is 1.63. The third-order valence-corrected chi connectivity index (χ3v) is 8.44. The number of anilines is 1. The van der Waals surface area contributed by atoms with Crippen molar-refractivity contribution in [2.24, 2.45) is 5.73 Å². The lowest BCUT2D eigenvalue weighted by Gasteiger charge is -2.31. The van der Waals surface area contributed by atoms with Gasteiger partial charge in [0.1, 0.15) is 30.2 Å². The second-order valence-corrected chi connectivity index (χ2v) is 12.1. The standard InChI is InChI=1S/C34H41F3N6O5/c1-43-12-13-46-26(19-43)16-41-34(45)47-20-27-15-39-14-25(48-27)10-11-28-29(37)17-40-18-30(28)42-33(44)32(38)31(21-2-6-23(35)7-3-21)22-4-8-24(36)9-5-22/h2-9,17-18,25-27,31-32,39H,10-16,19-20,38H2,1H3,(H,41,45)(H,42,44). The molecule has 0 aliphatic carbocycles. The first kappa shape index (κ1) is 35.2. The van der Waals surface area contributed by atoms with Gasteiger partial charge in [0, 0.05) is 44.2 Å². The molecule has 0 radical (unpaired) electrons. The topological polar surface area (TPSA) is 140 Å². The lowest BCUT2D eigenvalue weighted by Crippen LogP contribution is -2.48. The lowest BCUT2D eigenvalue weighted by molar-refractivity contribution is -0.117. The molecule has 4 unspecified atom stereocenters. The van der Waals surface area contributed by atoms with Gasteiger partial charge in [0.25, 0.3) is 0 Å². The quantitative estimate of drug-likeness (QED) is 0.229. The number of hydrogen-bond donors (Lipinski definition) is 4. The molecule has 1 aromatic heterocycles. The van der Waals surface area contributed by atoms with E-state index in [9.17, 15) is 18.4 Å². The minimum Gasteiger partial charge on any atom is -0.447 e. The van der Waals surface area contributed by atoms with E-state index in [1.54, 1.807) is 0 Å². The molecule has 2 amide bonds. The maximum absolute atomic E-state index is 15.1. The van der Waals surface area contributed by atoms with Gasteiger partial charge in [-0.1, -0.05) is 24.3 Å². The van der Waals surface area contributed by atoms with Crippen molar-refractivity contribution < 1.29 is 37.0 Å². The first-order chi connectivity index (χ1) is 23.2. The summed E-state index contributed by atoms with van der Waals surface area (Å²) in [7, 11) is 2.00. The van der Waals surface area contributed by atoms with Crippen molar-refractivity contribution in [3.63, 3.8) is 0 Å². The minimum atomic E-state index is -1.20. The number of ether oxygens (including phenoxy) is 3. The highest BCUT2D eigenvalue weighted by atomic mass is 19.1. The van der Waals surface area contributed by atoms with Crippen molar-refractivity contribution in [1.29, 1.82) is 0 Å². The lowest BCUT2D eigenvalue weighted by atomic mass is 9.85. The van der Waals surface area contributed by atoms with Gasteiger partial charge in [0.15, 0.2) is 0 Å². The highest BCUT2D eigenvalue weighted by molar-refractivity contribution is 5.96. The number of rotatable bonds is 12. The van der Waals surface area contributed by atoms with Crippen LogP contribution in [-0.2, 0) is 25.4 Å². The molecule has 0 saturated carbocycles. The van der Waals surface area contributed by atoms with Crippen LogP contribution in [0.5, 0.6) is 0 Å². The predicted molar refractivity (Wildman–Crippen MR) is 172 cm³/mol. The fraction of sp³-hybridized carbons (Fsp3) is 0.441. The van der Waals surface area contributed by atoms with Gasteiger partial charge in [0.2, 0.25) is 5.91 Å². The highest BCUT2D eigenvalue weighted by Gasteiger charge is 2.30. The van der Waals surface area contributed by atoms with Gasteiger partial charge in [-0.05, 0) is 55.3 Å². The van der Waals surface area contributed by atoms with Gasteiger partial charge in [-0.25, -0.2) is 18.0 Å². The van der Waals surface area contributed by atoms with Crippen LogP contribution in [0, 0.1) is 17.5 Å². The van der Waals surface area contributed by atoms with Crippen LogP contribution in [0.25, 0.3) is 0 Å². The van der Waals surface area contributed by atoms with E-state index >= 15 is 4.39 Å². The number of morpholine rings is 2. The zero-order valence-electron chi connectivity index (χ0n) is 26.7. The molecular formula is C34H41F3N6O5. The number of alkyl carbamates (subject to hydrolysis) is 1. The van der Waals surface area contributed by atoms with Gasteiger partial charge < -0.3 is 40.8 Å². The Labute approximate surface area is 277 Å². The van der Waals surface area contributed by atoms with Gasteiger partial charge in [-0.15, -0.1) is 0 Å². The number of carbonyl (C=O) groups is 2. The molecule has 2 fully saturated rings. The van der Waals surface area contributed by atoms with Crippen molar-refractivity contribution in [1.82, 2.24) is 20.5 Å². The van der Waals surface area contributed by atoms with Gasteiger partial charge >= 0.3 is 6.09 Å². The van der Waals surface area contributed by atoms with Crippen LogP contribution >= 0.6 is 0 Å². The maximum atomic E-state index is 15.1. The Morgan fingerprint density at radius 3 is 2.35 bits per heavy atom.